The van der Waals surface area contributed by atoms with Crippen LogP contribution < -0.4 is 10.2 Å². The van der Waals surface area contributed by atoms with Crippen LogP contribution in [0, 0.1) is 5.41 Å². The maximum absolute atomic E-state index is 12.7. The molecule has 0 aromatic carbocycles. The lowest BCUT2D eigenvalue weighted by Crippen LogP contribution is -2.43. The number of piperidine rings is 1. The van der Waals surface area contributed by atoms with Gasteiger partial charge in [0.25, 0.3) is 5.91 Å². The predicted octanol–water partition coefficient (Wildman–Crippen LogP) is 3.34. The Morgan fingerprint density at radius 3 is 2.68 bits per heavy atom. The standard InChI is InChI=1S/C30H33N7O3S/c1-36-11-4-9-30(19-36)10-12-37(20-30)28-6-3-5-25(35-28)26-8-7-21-16-32-23(14-27(21)34-26)17-33-29(38)22-13-24(18-31-15-22)41(2,39)40/h3,5-8,13-16,18H,4,9-12,17,19-20H2,1-2H3,(H,33,38). The largest absolute Gasteiger partial charge is 0.356 e. The molecule has 4 aromatic rings. The number of fused-ring (bicyclic) bond motifs is 1. The van der Waals surface area contributed by atoms with Gasteiger partial charge in [-0.1, -0.05) is 6.07 Å². The van der Waals surface area contributed by atoms with Crippen molar-refractivity contribution in [1.29, 1.82) is 0 Å². The fraction of sp³-hybridized carbons (Fsp3) is 0.367. The zero-order valence-corrected chi connectivity index (χ0v) is 24.1. The molecule has 1 atom stereocenters. The first-order valence-electron chi connectivity index (χ1n) is 13.8. The van der Waals surface area contributed by atoms with E-state index in [1.807, 2.05) is 30.3 Å². The average Bonchev–Trinajstić information content (AvgIpc) is 3.37. The summed E-state index contributed by atoms with van der Waals surface area (Å²) in [5.41, 5.74) is 3.49. The zero-order valence-electron chi connectivity index (χ0n) is 23.2. The molecule has 1 N–H and O–H groups in total. The molecule has 6 rings (SSSR count). The first kappa shape index (κ1) is 27.2. The number of likely N-dealkylation sites (tertiary alicyclic amines) is 1. The molecule has 10 nitrogen and oxygen atoms in total. The van der Waals surface area contributed by atoms with Crippen LogP contribution in [0.2, 0.25) is 0 Å². The van der Waals surface area contributed by atoms with Gasteiger partial charge in [0.15, 0.2) is 9.84 Å². The summed E-state index contributed by atoms with van der Waals surface area (Å²) in [5.74, 6) is 0.554. The Morgan fingerprint density at radius 2 is 1.85 bits per heavy atom. The van der Waals surface area contributed by atoms with E-state index in [0.717, 1.165) is 54.0 Å². The van der Waals surface area contributed by atoms with Crippen molar-refractivity contribution in [2.45, 2.75) is 30.7 Å². The summed E-state index contributed by atoms with van der Waals surface area (Å²) in [6.45, 7) is 4.54. The van der Waals surface area contributed by atoms with Gasteiger partial charge in [-0.15, -0.1) is 0 Å². The molecule has 0 saturated carbocycles. The Morgan fingerprint density at radius 1 is 1.00 bits per heavy atom. The minimum Gasteiger partial charge on any atom is -0.356 e. The van der Waals surface area contributed by atoms with Crippen LogP contribution in [0.5, 0.6) is 0 Å². The van der Waals surface area contributed by atoms with Gasteiger partial charge in [-0.25, -0.2) is 18.4 Å². The van der Waals surface area contributed by atoms with E-state index >= 15 is 0 Å². The van der Waals surface area contributed by atoms with E-state index in [2.05, 4.69) is 38.2 Å². The van der Waals surface area contributed by atoms with E-state index < -0.39 is 15.7 Å². The minimum absolute atomic E-state index is 0.00536. The number of nitrogens with one attached hydrogen (secondary N) is 1. The van der Waals surface area contributed by atoms with Crippen LogP contribution >= 0.6 is 0 Å². The highest BCUT2D eigenvalue weighted by atomic mass is 32.2. The van der Waals surface area contributed by atoms with Gasteiger partial charge in [0.2, 0.25) is 0 Å². The molecule has 1 unspecified atom stereocenters. The fourth-order valence-corrected chi connectivity index (χ4v) is 6.57. The van der Waals surface area contributed by atoms with Crippen molar-refractivity contribution in [3.8, 4) is 11.4 Å². The molecule has 2 aliphatic rings. The molecular formula is C30H33N7O3S. The zero-order chi connectivity index (χ0) is 28.6. The second-order valence-corrected chi connectivity index (χ2v) is 13.3. The number of pyridine rings is 4. The average molecular weight is 572 g/mol. The normalized spacial score (nSPS) is 19.6. The first-order chi connectivity index (χ1) is 19.7. The molecule has 0 bridgehead atoms. The van der Waals surface area contributed by atoms with E-state index in [9.17, 15) is 13.2 Å². The lowest BCUT2D eigenvalue weighted by atomic mass is 9.79. The van der Waals surface area contributed by atoms with Gasteiger partial charge >= 0.3 is 0 Å². The number of sulfone groups is 1. The second kappa shape index (κ2) is 10.8. The Kier molecular flexibility index (Phi) is 7.16. The van der Waals surface area contributed by atoms with Crippen LogP contribution in [-0.2, 0) is 16.4 Å². The van der Waals surface area contributed by atoms with Crippen LogP contribution in [0.4, 0.5) is 5.82 Å². The number of carbonyl (C=O) groups is 1. The summed E-state index contributed by atoms with van der Waals surface area (Å²) in [6, 6.07) is 13.2. The number of hydrogen-bond acceptors (Lipinski definition) is 9. The summed E-state index contributed by atoms with van der Waals surface area (Å²) >= 11 is 0. The molecule has 1 spiro atoms. The maximum Gasteiger partial charge on any atom is 0.253 e. The molecule has 2 aliphatic heterocycles. The maximum atomic E-state index is 12.7. The second-order valence-electron chi connectivity index (χ2n) is 11.3. The molecule has 0 aliphatic carbocycles. The molecule has 41 heavy (non-hydrogen) atoms. The molecule has 4 aromatic heterocycles. The van der Waals surface area contributed by atoms with Crippen LogP contribution in [0.15, 0.2) is 66.0 Å². The van der Waals surface area contributed by atoms with Crippen LogP contribution in [0.1, 0.15) is 35.3 Å². The fourth-order valence-electron chi connectivity index (χ4n) is 5.98. The van der Waals surface area contributed by atoms with Gasteiger partial charge in [0, 0.05) is 55.3 Å². The Bertz CT molecular complexity index is 1730. The highest BCUT2D eigenvalue weighted by molar-refractivity contribution is 7.90. The van der Waals surface area contributed by atoms with E-state index in [1.54, 1.807) is 6.20 Å². The molecule has 11 heteroatoms. The topological polar surface area (TPSA) is 121 Å². The monoisotopic (exact) mass is 571 g/mol. The molecule has 6 heterocycles. The van der Waals surface area contributed by atoms with Gasteiger partial charge in [-0.3, -0.25) is 14.8 Å². The summed E-state index contributed by atoms with van der Waals surface area (Å²) in [6.07, 6.45) is 9.10. The Hall–Kier alpha value is -3.96. The molecular weight excluding hydrogens is 538 g/mol. The van der Waals surface area contributed by atoms with Crippen molar-refractivity contribution in [2.24, 2.45) is 5.41 Å². The number of anilines is 1. The molecule has 2 saturated heterocycles. The van der Waals surface area contributed by atoms with Crippen molar-refractivity contribution >= 4 is 32.5 Å². The minimum atomic E-state index is -3.47. The third-order valence-electron chi connectivity index (χ3n) is 8.08. The molecule has 212 valence electrons. The van der Waals surface area contributed by atoms with Gasteiger partial charge in [-0.2, -0.15) is 0 Å². The van der Waals surface area contributed by atoms with Crippen LogP contribution in [-0.4, -0.2) is 78.6 Å². The quantitative estimate of drug-likeness (QED) is 0.371. The number of nitrogens with zero attached hydrogens (tertiary/aromatic N) is 6. The smallest absolute Gasteiger partial charge is 0.253 e. The van der Waals surface area contributed by atoms with Crippen LogP contribution in [0.25, 0.3) is 22.3 Å². The van der Waals surface area contributed by atoms with Crippen molar-refractivity contribution in [3.63, 3.8) is 0 Å². The summed E-state index contributed by atoms with van der Waals surface area (Å²) in [7, 11) is -1.24. The Labute approximate surface area is 239 Å². The lowest BCUT2D eigenvalue weighted by molar-refractivity contribution is 0.0950. The third kappa shape index (κ3) is 5.91. The summed E-state index contributed by atoms with van der Waals surface area (Å²) in [5, 5.41) is 3.67. The lowest BCUT2D eigenvalue weighted by Gasteiger charge is -2.38. The van der Waals surface area contributed by atoms with Crippen molar-refractivity contribution in [3.05, 3.63) is 72.3 Å². The van der Waals surface area contributed by atoms with Crippen molar-refractivity contribution in [1.82, 2.24) is 30.2 Å². The van der Waals surface area contributed by atoms with Gasteiger partial charge in [0.1, 0.15) is 5.82 Å². The summed E-state index contributed by atoms with van der Waals surface area (Å²) in [4.78, 5) is 35.7. The highest BCUT2D eigenvalue weighted by Gasteiger charge is 2.40. The number of carbonyl (C=O) groups excluding carboxylic acids is 1. The number of amides is 1. The predicted molar refractivity (Wildman–Crippen MR) is 157 cm³/mol. The summed E-state index contributed by atoms with van der Waals surface area (Å²) < 4.78 is 23.6. The van der Waals surface area contributed by atoms with Gasteiger partial charge in [0.05, 0.1) is 39.6 Å². The van der Waals surface area contributed by atoms with Crippen LogP contribution in [0.3, 0.4) is 0 Å². The molecule has 1 amide bonds. The van der Waals surface area contributed by atoms with Gasteiger partial charge in [-0.05, 0) is 69.3 Å². The van der Waals surface area contributed by atoms with Crippen molar-refractivity contribution < 1.29 is 13.2 Å². The third-order valence-corrected chi connectivity index (χ3v) is 9.15. The first-order valence-corrected chi connectivity index (χ1v) is 15.7. The number of aromatic nitrogens is 4. The number of hydrogen-bond donors (Lipinski definition) is 1. The van der Waals surface area contributed by atoms with Gasteiger partial charge < -0.3 is 15.1 Å². The molecule has 0 radical (unpaired) electrons. The van der Waals surface area contributed by atoms with E-state index in [4.69, 9.17) is 9.97 Å². The Balaban J connectivity index is 1.17. The van der Waals surface area contributed by atoms with E-state index in [-0.39, 0.29) is 17.0 Å². The highest BCUT2D eigenvalue weighted by Crippen LogP contribution is 2.40. The SMILES string of the molecule is CN1CCCC2(CCN(c3cccc(-c4ccc5cnc(CNC(=O)c6cncc(S(C)(=O)=O)c6)cc5n4)n3)C2)C1. The van der Waals surface area contributed by atoms with E-state index in [1.165, 1.54) is 44.3 Å². The van der Waals surface area contributed by atoms with Crippen molar-refractivity contribution in [2.75, 3.05) is 44.4 Å². The number of rotatable bonds is 6. The molecule has 2 fully saturated rings. The van der Waals surface area contributed by atoms with E-state index in [0.29, 0.717) is 11.1 Å².